The van der Waals surface area contributed by atoms with E-state index in [-0.39, 0.29) is 11.9 Å². The number of benzene rings is 1. The van der Waals surface area contributed by atoms with Crippen LogP contribution >= 0.6 is 11.8 Å². The maximum absolute atomic E-state index is 13.0. The molecule has 2 aliphatic heterocycles. The molecule has 0 aliphatic carbocycles. The van der Waals surface area contributed by atoms with Gasteiger partial charge in [0.15, 0.2) is 0 Å². The lowest BCUT2D eigenvalue weighted by Gasteiger charge is -2.30. The van der Waals surface area contributed by atoms with Gasteiger partial charge in [0, 0.05) is 42.3 Å². The van der Waals surface area contributed by atoms with Crippen LogP contribution < -0.4 is 15.5 Å². The Morgan fingerprint density at radius 1 is 1.06 bits per heavy atom. The number of urea groups is 1. The first kappa shape index (κ1) is 22.6. The summed E-state index contributed by atoms with van der Waals surface area (Å²) in [6.07, 6.45) is 3.81. The van der Waals surface area contributed by atoms with Gasteiger partial charge in [0.1, 0.15) is 5.03 Å². The number of nitrogens with one attached hydrogen (secondary N) is 2. The van der Waals surface area contributed by atoms with Gasteiger partial charge in [-0.05, 0) is 75.7 Å². The maximum Gasteiger partial charge on any atom is 0.326 e. The molecular weight excluding hydrogens is 422 g/mol. The second-order valence-corrected chi connectivity index (χ2v) is 9.48. The van der Waals surface area contributed by atoms with Gasteiger partial charge in [-0.3, -0.25) is 9.69 Å². The summed E-state index contributed by atoms with van der Waals surface area (Å²) in [5.74, 6) is 0.728. The van der Waals surface area contributed by atoms with Crippen LogP contribution in [0.5, 0.6) is 0 Å². The fourth-order valence-electron chi connectivity index (χ4n) is 4.28. The maximum atomic E-state index is 13.0. The summed E-state index contributed by atoms with van der Waals surface area (Å²) in [5, 5.41) is 6.86. The lowest BCUT2D eigenvalue weighted by Crippen LogP contribution is -2.39. The lowest BCUT2D eigenvalue weighted by atomic mass is 10.1. The lowest BCUT2D eigenvalue weighted by molar-refractivity contribution is 0.0946. The zero-order valence-corrected chi connectivity index (χ0v) is 19.6. The Balaban J connectivity index is 1.33. The molecule has 1 saturated heterocycles. The van der Waals surface area contributed by atoms with Gasteiger partial charge in [-0.25, -0.2) is 9.78 Å². The number of likely N-dealkylation sites (tertiary alicyclic amines) is 1. The third kappa shape index (κ3) is 5.42. The molecule has 0 saturated carbocycles. The molecule has 0 bridgehead atoms. The number of carbonyl (C=O) groups is 2. The van der Waals surface area contributed by atoms with Gasteiger partial charge in [-0.2, -0.15) is 0 Å². The molecule has 1 aromatic carbocycles. The summed E-state index contributed by atoms with van der Waals surface area (Å²) in [4.78, 5) is 34.2. The molecule has 1 fully saturated rings. The predicted molar refractivity (Wildman–Crippen MR) is 130 cm³/mol. The van der Waals surface area contributed by atoms with Crippen LogP contribution in [-0.4, -0.2) is 60.3 Å². The number of pyridine rings is 1. The van der Waals surface area contributed by atoms with Crippen molar-refractivity contribution in [3.8, 4) is 0 Å². The molecule has 2 aliphatic rings. The highest BCUT2D eigenvalue weighted by molar-refractivity contribution is 7.99. The van der Waals surface area contributed by atoms with Crippen LogP contribution in [0.15, 0.2) is 35.4 Å². The van der Waals surface area contributed by atoms with E-state index in [0.29, 0.717) is 24.3 Å². The van der Waals surface area contributed by atoms with Gasteiger partial charge in [0.25, 0.3) is 5.91 Å². The zero-order valence-electron chi connectivity index (χ0n) is 18.8. The van der Waals surface area contributed by atoms with Gasteiger partial charge >= 0.3 is 6.03 Å². The van der Waals surface area contributed by atoms with Crippen molar-refractivity contribution >= 4 is 35.1 Å². The summed E-state index contributed by atoms with van der Waals surface area (Å²) in [7, 11) is 0. The molecule has 32 heavy (non-hydrogen) atoms. The number of amides is 3. The van der Waals surface area contributed by atoms with Crippen molar-refractivity contribution in [3.63, 3.8) is 0 Å². The van der Waals surface area contributed by atoms with Crippen molar-refractivity contribution in [1.29, 1.82) is 0 Å². The largest absolute Gasteiger partial charge is 0.351 e. The molecule has 170 valence electrons. The Hall–Kier alpha value is -2.58. The van der Waals surface area contributed by atoms with Gasteiger partial charge in [0.2, 0.25) is 0 Å². The number of fused-ring (bicyclic) bond motifs is 1. The fourth-order valence-corrected chi connectivity index (χ4v) is 5.37. The van der Waals surface area contributed by atoms with E-state index in [9.17, 15) is 9.59 Å². The zero-order chi connectivity index (χ0) is 22.5. The molecule has 4 rings (SSSR count). The Labute approximate surface area is 194 Å². The third-order valence-corrected chi connectivity index (χ3v) is 6.85. The molecule has 0 spiro atoms. The van der Waals surface area contributed by atoms with Crippen LogP contribution in [0, 0.1) is 13.8 Å². The van der Waals surface area contributed by atoms with Crippen LogP contribution in [0.1, 0.15) is 40.9 Å². The molecule has 2 aromatic rings. The number of rotatable bonds is 5. The molecule has 2 N–H and O–H groups in total. The number of aromatic nitrogens is 1. The quantitative estimate of drug-likeness (QED) is 0.714. The molecule has 3 heterocycles. The topological polar surface area (TPSA) is 77.6 Å². The Morgan fingerprint density at radius 2 is 1.81 bits per heavy atom. The van der Waals surface area contributed by atoms with Crippen molar-refractivity contribution in [3.05, 3.63) is 47.2 Å². The third-order valence-electron chi connectivity index (χ3n) is 5.91. The van der Waals surface area contributed by atoms with E-state index in [4.69, 9.17) is 0 Å². The first-order chi connectivity index (χ1) is 15.5. The van der Waals surface area contributed by atoms with Crippen molar-refractivity contribution < 1.29 is 9.59 Å². The summed E-state index contributed by atoms with van der Waals surface area (Å²) < 4.78 is 0. The van der Waals surface area contributed by atoms with Gasteiger partial charge in [-0.1, -0.05) is 6.42 Å². The molecule has 8 heteroatoms. The number of hydrogen-bond donors (Lipinski definition) is 2. The van der Waals surface area contributed by atoms with Crippen LogP contribution in [0.4, 0.5) is 16.2 Å². The highest BCUT2D eigenvalue weighted by Crippen LogP contribution is 2.36. The average Bonchev–Trinajstić information content (AvgIpc) is 2.79. The van der Waals surface area contributed by atoms with Crippen LogP contribution in [0.25, 0.3) is 0 Å². The van der Waals surface area contributed by atoms with Crippen LogP contribution in [-0.2, 0) is 0 Å². The monoisotopic (exact) mass is 453 g/mol. The Morgan fingerprint density at radius 3 is 2.56 bits per heavy atom. The van der Waals surface area contributed by atoms with Gasteiger partial charge < -0.3 is 15.5 Å². The van der Waals surface area contributed by atoms with E-state index in [1.807, 2.05) is 19.9 Å². The smallest absolute Gasteiger partial charge is 0.326 e. The second-order valence-electron chi connectivity index (χ2n) is 8.40. The molecule has 0 unspecified atom stereocenters. The molecule has 0 atom stereocenters. The average molecular weight is 454 g/mol. The number of thioether (sulfide) groups is 1. The molecule has 1 aromatic heterocycles. The van der Waals surface area contributed by atoms with E-state index in [0.717, 1.165) is 47.4 Å². The van der Waals surface area contributed by atoms with E-state index >= 15 is 0 Å². The second kappa shape index (κ2) is 10.4. The first-order valence-corrected chi connectivity index (χ1v) is 12.3. The minimum atomic E-state index is -0.181. The van der Waals surface area contributed by atoms with Gasteiger partial charge in [0.05, 0.1) is 5.69 Å². The Bertz CT molecular complexity index is 973. The van der Waals surface area contributed by atoms with Crippen LogP contribution in [0.3, 0.4) is 0 Å². The van der Waals surface area contributed by atoms with E-state index in [2.05, 4.69) is 20.5 Å². The molecular formula is C24H31N5O2S. The normalized spacial score (nSPS) is 16.4. The minimum absolute atomic E-state index is 0.0843. The number of carbonyl (C=O) groups excluding carboxylic acids is 2. The van der Waals surface area contributed by atoms with E-state index in [1.165, 1.54) is 19.3 Å². The minimum Gasteiger partial charge on any atom is -0.351 e. The number of anilines is 2. The van der Waals surface area contributed by atoms with Crippen molar-refractivity contribution in [1.82, 2.24) is 15.2 Å². The SMILES string of the molecule is Cc1cc(C)c2c(n1)SCCN2C(=O)Nc1ccc(C(=O)NCCN2CCCCC2)cc1. The highest BCUT2D eigenvalue weighted by atomic mass is 32.2. The van der Waals surface area contributed by atoms with Crippen molar-refractivity contribution in [2.45, 2.75) is 38.1 Å². The Kier molecular flexibility index (Phi) is 7.32. The number of piperidine rings is 1. The molecule has 0 radical (unpaired) electrons. The van der Waals surface area contributed by atoms with Crippen molar-refractivity contribution in [2.75, 3.05) is 48.7 Å². The van der Waals surface area contributed by atoms with E-state index in [1.54, 1.807) is 40.9 Å². The standard InChI is InChI=1S/C24H31N5O2S/c1-17-16-18(2)26-23-21(17)29(14-15-32-23)24(31)27-20-8-6-19(7-9-20)22(30)25-10-13-28-11-4-3-5-12-28/h6-9,16H,3-5,10-15H2,1-2H3,(H,25,30)(H,27,31). The van der Waals surface area contributed by atoms with E-state index < -0.39 is 0 Å². The summed E-state index contributed by atoms with van der Waals surface area (Å²) >= 11 is 1.68. The number of nitrogens with zero attached hydrogens (tertiary/aromatic N) is 3. The van der Waals surface area contributed by atoms with Crippen LogP contribution in [0.2, 0.25) is 0 Å². The molecule has 3 amide bonds. The van der Waals surface area contributed by atoms with Gasteiger partial charge in [-0.15, -0.1) is 11.8 Å². The molecule has 7 nitrogen and oxygen atoms in total. The summed E-state index contributed by atoms with van der Waals surface area (Å²) in [6, 6.07) is 8.88. The predicted octanol–water partition coefficient (Wildman–Crippen LogP) is 4.06. The highest BCUT2D eigenvalue weighted by Gasteiger charge is 2.26. The first-order valence-electron chi connectivity index (χ1n) is 11.3. The number of hydrogen-bond acceptors (Lipinski definition) is 5. The number of aryl methyl sites for hydroxylation is 2. The van der Waals surface area contributed by atoms with Crippen molar-refractivity contribution in [2.24, 2.45) is 0 Å². The fraction of sp³-hybridized carbons (Fsp3) is 0.458. The summed E-state index contributed by atoms with van der Waals surface area (Å²) in [6.45, 7) is 8.41. The summed E-state index contributed by atoms with van der Waals surface area (Å²) in [5.41, 5.74) is 4.15.